The molecule has 108 valence electrons. The largest absolute Gasteiger partial charge is 0.471 e. The molecule has 0 N–H and O–H groups in total. The highest BCUT2D eigenvalue weighted by atomic mass is 16.5. The Morgan fingerprint density at radius 3 is 3.00 bits per heavy atom. The van der Waals surface area contributed by atoms with E-state index in [2.05, 4.69) is 20.2 Å². The van der Waals surface area contributed by atoms with Crippen molar-refractivity contribution in [2.45, 2.75) is 19.4 Å². The molecule has 0 radical (unpaired) electrons. The molecule has 0 aliphatic carbocycles. The maximum absolute atomic E-state index is 12.3. The fraction of sp³-hybridized carbons (Fsp3) is 0.357. The van der Waals surface area contributed by atoms with Gasteiger partial charge in [0.05, 0.1) is 18.4 Å². The smallest absolute Gasteiger partial charge is 0.274 e. The first kappa shape index (κ1) is 13.4. The molecule has 1 fully saturated rings. The summed E-state index contributed by atoms with van der Waals surface area (Å²) < 4.78 is 5.71. The zero-order valence-electron chi connectivity index (χ0n) is 11.6. The maximum atomic E-state index is 12.3. The lowest BCUT2D eigenvalue weighted by atomic mass is 10.3. The van der Waals surface area contributed by atoms with Gasteiger partial charge in [-0.1, -0.05) is 0 Å². The zero-order valence-corrected chi connectivity index (χ0v) is 11.6. The molecule has 1 saturated heterocycles. The Morgan fingerprint density at radius 1 is 1.38 bits per heavy atom. The van der Waals surface area contributed by atoms with Gasteiger partial charge < -0.3 is 9.64 Å². The van der Waals surface area contributed by atoms with Crippen molar-refractivity contribution in [1.82, 2.24) is 25.1 Å². The van der Waals surface area contributed by atoms with Crippen molar-refractivity contribution in [2.24, 2.45) is 0 Å². The third kappa shape index (κ3) is 3.13. The highest BCUT2D eigenvalue weighted by Gasteiger charge is 2.29. The lowest BCUT2D eigenvalue weighted by molar-refractivity contribution is 0.0764. The summed E-state index contributed by atoms with van der Waals surface area (Å²) in [4.78, 5) is 22.2. The Bertz CT molecular complexity index is 617. The van der Waals surface area contributed by atoms with Crippen LogP contribution in [0.25, 0.3) is 0 Å². The van der Waals surface area contributed by atoms with Crippen molar-refractivity contribution in [2.75, 3.05) is 13.1 Å². The van der Waals surface area contributed by atoms with Gasteiger partial charge in [0.1, 0.15) is 11.8 Å². The molecule has 21 heavy (non-hydrogen) atoms. The minimum atomic E-state index is -0.118. The number of hydrogen-bond acceptors (Lipinski definition) is 6. The second-order valence-electron chi connectivity index (χ2n) is 4.88. The quantitative estimate of drug-likeness (QED) is 0.832. The first-order chi connectivity index (χ1) is 10.2. The van der Waals surface area contributed by atoms with Crippen molar-refractivity contribution in [1.29, 1.82) is 0 Å². The van der Waals surface area contributed by atoms with Crippen LogP contribution < -0.4 is 4.74 Å². The summed E-state index contributed by atoms with van der Waals surface area (Å²) in [5.41, 5.74) is 1.15. The zero-order chi connectivity index (χ0) is 14.7. The number of hydrogen-bond donors (Lipinski definition) is 0. The number of carbonyl (C=O) groups excluding carboxylic acids is 1. The van der Waals surface area contributed by atoms with E-state index in [0.717, 1.165) is 12.1 Å². The molecule has 2 aromatic rings. The van der Waals surface area contributed by atoms with Gasteiger partial charge in [0.15, 0.2) is 0 Å². The van der Waals surface area contributed by atoms with Crippen molar-refractivity contribution < 1.29 is 9.53 Å². The monoisotopic (exact) mass is 285 g/mol. The SMILES string of the molecule is Cc1cnc(C(=O)N2CC[C@H](Oc3cccnn3)C2)cn1. The number of aryl methyl sites for hydroxylation is 1. The van der Waals surface area contributed by atoms with Gasteiger partial charge in [-0.2, -0.15) is 5.10 Å². The van der Waals surface area contributed by atoms with Crippen LogP contribution in [0.5, 0.6) is 5.88 Å². The Kier molecular flexibility index (Phi) is 3.72. The van der Waals surface area contributed by atoms with Gasteiger partial charge in [-0.3, -0.25) is 9.78 Å². The maximum Gasteiger partial charge on any atom is 0.274 e. The second kappa shape index (κ2) is 5.82. The van der Waals surface area contributed by atoms with Crippen LogP contribution in [0.4, 0.5) is 0 Å². The van der Waals surface area contributed by atoms with Crippen molar-refractivity contribution in [3.05, 3.63) is 42.1 Å². The molecular weight excluding hydrogens is 270 g/mol. The molecule has 0 bridgehead atoms. The van der Waals surface area contributed by atoms with Crippen LogP contribution in [0.3, 0.4) is 0 Å². The van der Waals surface area contributed by atoms with E-state index in [0.29, 0.717) is 24.7 Å². The third-order valence-electron chi connectivity index (χ3n) is 3.27. The Balaban J connectivity index is 1.61. The number of carbonyl (C=O) groups is 1. The minimum absolute atomic E-state index is 0.0657. The number of likely N-dealkylation sites (tertiary alicyclic amines) is 1. The first-order valence-corrected chi connectivity index (χ1v) is 6.74. The van der Waals surface area contributed by atoms with E-state index < -0.39 is 0 Å². The summed E-state index contributed by atoms with van der Waals surface area (Å²) in [6.45, 7) is 2.99. The van der Waals surface area contributed by atoms with Crippen molar-refractivity contribution in [3.63, 3.8) is 0 Å². The molecule has 1 atom stereocenters. The van der Waals surface area contributed by atoms with Crippen LogP contribution in [-0.4, -0.2) is 50.2 Å². The highest BCUT2D eigenvalue weighted by Crippen LogP contribution is 2.17. The summed E-state index contributed by atoms with van der Waals surface area (Å²) in [5.74, 6) is 0.361. The van der Waals surface area contributed by atoms with E-state index in [1.165, 1.54) is 6.20 Å². The van der Waals surface area contributed by atoms with Crippen LogP contribution in [0.15, 0.2) is 30.7 Å². The van der Waals surface area contributed by atoms with Gasteiger partial charge >= 0.3 is 0 Å². The van der Waals surface area contributed by atoms with E-state index in [1.807, 2.05) is 6.92 Å². The summed E-state index contributed by atoms with van der Waals surface area (Å²) in [6, 6.07) is 3.52. The van der Waals surface area contributed by atoms with Crippen molar-refractivity contribution >= 4 is 5.91 Å². The molecule has 0 aromatic carbocycles. The lowest BCUT2D eigenvalue weighted by Crippen LogP contribution is -2.31. The fourth-order valence-electron chi connectivity index (χ4n) is 2.19. The third-order valence-corrected chi connectivity index (χ3v) is 3.27. The Hall–Kier alpha value is -2.57. The predicted molar refractivity (Wildman–Crippen MR) is 73.7 cm³/mol. The molecule has 1 aliphatic heterocycles. The number of nitrogens with zero attached hydrogens (tertiary/aromatic N) is 5. The molecule has 0 unspecified atom stereocenters. The van der Waals surface area contributed by atoms with Crippen LogP contribution in [-0.2, 0) is 0 Å². The number of amides is 1. The predicted octanol–water partition coefficient (Wildman–Crippen LogP) is 0.869. The summed E-state index contributed by atoms with van der Waals surface area (Å²) in [5, 5.41) is 7.64. The van der Waals surface area contributed by atoms with Gasteiger partial charge in [0.2, 0.25) is 5.88 Å². The molecule has 3 heterocycles. The molecule has 3 rings (SSSR count). The van der Waals surface area contributed by atoms with E-state index in [9.17, 15) is 4.79 Å². The van der Waals surface area contributed by atoms with Gasteiger partial charge in [0.25, 0.3) is 5.91 Å². The standard InChI is InChI=1S/C14H15N5O2/c1-10-7-16-12(8-15-10)14(20)19-6-4-11(9-19)21-13-3-2-5-17-18-13/h2-3,5,7-8,11H,4,6,9H2,1H3/t11-/m0/s1. The average Bonchev–Trinajstić information content (AvgIpc) is 2.97. The summed E-state index contributed by atoms with van der Waals surface area (Å²) in [7, 11) is 0. The van der Waals surface area contributed by atoms with Crippen LogP contribution in [0.2, 0.25) is 0 Å². The van der Waals surface area contributed by atoms with Gasteiger partial charge in [-0.25, -0.2) is 4.98 Å². The van der Waals surface area contributed by atoms with Crippen LogP contribution in [0.1, 0.15) is 22.6 Å². The van der Waals surface area contributed by atoms with Crippen LogP contribution in [0, 0.1) is 6.92 Å². The minimum Gasteiger partial charge on any atom is -0.471 e. The topological polar surface area (TPSA) is 81.1 Å². The average molecular weight is 285 g/mol. The van der Waals surface area contributed by atoms with E-state index in [4.69, 9.17) is 4.74 Å². The van der Waals surface area contributed by atoms with Crippen LogP contribution >= 0.6 is 0 Å². The first-order valence-electron chi connectivity index (χ1n) is 6.74. The highest BCUT2D eigenvalue weighted by molar-refractivity contribution is 5.92. The molecule has 0 spiro atoms. The normalized spacial score (nSPS) is 17.8. The summed E-state index contributed by atoms with van der Waals surface area (Å²) in [6.07, 6.45) is 5.39. The molecule has 0 saturated carbocycles. The Morgan fingerprint density at radius 2 is 2.29 bits per heavy atom. The van der Waals surface area contributed by atoms with E-state index in [1.54, 1.807) is 29.4 Å². The molecule has 1 amide bonds. The number of ether oxygens (including phenoxy) is 1. The number of rotatable bonds is 3. The van der Waals surface area contributed by atoms with Gasteiger partial charge in [-0.05, 0) is 13.0 Å². The van der Waals surface area contributed by atoms with E-state index in [-0.39, 0.29) is 12.0 Å². The van der Waals surface area contributed by atoms with Gasteiger partial charge in [-0.15, -0.1) is 5.10 Å². The summed E-state index contributed by atoms with van der Waals surface area (Å²) >= 11 is 0. The molecule has 2 aromatic heterocycles. The molecule has 1 aliphatic rings. The lowest BCUT2D eigenvalue weighted by Gasteiger charge is -2.16. The van der Waals surface area contributed by atoms with Crippen molar-refractivity contribution in [3.8, 4) is 5.88 Å². The Labute approximate surface area is 122 Å². The second-order valence-corrected chi connectivity index (χ2v) is 4.88. The van der Waals surface area contributed by atoms with E-state index >= 15 is 0 Å². The fourth-order valence-corrected chi connectivity index (χ4v) is 2.19. The number of aromatic nitrogens is 4. The molecule has 7 heteroatoms. The molecular formula is C14H15N5O2. The molecule has 7 nitrogen and oxygen atoms in total. The van der Waals surface area contributed by atoms with Gasteiger partial charge in [0, 0.05) is 31.4 Å².